The van der Waals surface area contributed by atoms with Crippen molar-refractivity contribution in [2.45, 2.75) is 59.8 Å². The van der Waals surface area contributed by atoms with E-state index in [1.807, 2.05) is 0 Å². The summed E-state index contributed by atoms with van der Waals surface area (Å²) < 4.78 is 0. The average Bonchev–Trinajstić information content (AvgIpc) is 1.96. The van der Waals surface area contributed by atoms with Gasteiger partial charge in [0, 0.05) is 0 Å². The largest absolute Gasteiger partial charge is 0.100 e. The summed E-state index contributed by atoms with van der Waals surface area (Å²) >= 11 is 0. The minimum Gasteiger partial charge on any atom is -0.100 e. The molecule has 0 aromatic carbocycles. The second kappa shape index (κ2) is 7.17. The molecule has 1 atom stereocenters. The molecule has 0 nitrogen and oxygen atoms in total. The van der Waals surface area contributed by atoms with Crippen LogP contribution in [0.4, 0.5) is 0 Å². The second-order valence-electron chi connectivity index (χ2n) is 4.94. The molecule has 0 heteroatoms. The van der Waals surface area contributed by atoms with Crippen LogP contribution in [0.3, 0.4) is 0 Å². The van der Waals surface area contributed by atoms with Gasteiger partial charge in [0.15, 0.2) is 0 Å². The van der Waals surface area contributed by atoms with E-state index in [0.717, 1.165) is 11.8 Å². The zero-order chi connectivity index (χ0) is 10.3. The van der Waals surface area contributed by atoms with Crippen molar-refractivity contribution in [1.82, 2.24) is 0 Å². The van der Waals surface area contributed by atoms with Crippen LogP contribution in [0.25, 0.3) is 0 Å². The molecule has 0 aliphatic heterocycles. The molecule has 0 aromatic heterocycles. The van der Waals surface area contributed by atoms with Crippen LogP contribution >= 0.6 is 0 Å². The Bertz CT molecular complexity index is 133. The highest BCUT2D eigenvalue weighted by molar-refractivity contribution is 4.89. The quantitative estimate of drug-likeness (QED) is 0.392. The Labute approximate surface area is 84.4 Å². The lowest BCUT2D eigenvalue weighted by Crippen LogP contribution is -1.96. The minimum atomic E-state index is 0.838. The van der Waals surface area contributed by atoms with Gasteiger partial charge in [0.2, 0.25) is 0 Å². The molecule has 0 amide bonds. The molecule has 0 heterocycles. The summed E-state index contributed by atoms with van der Waals surface area (Å²) in [7, 11) is 0. The Kier molecular flexibility index (Phi) is 7.03. The van der Waals surface area contributed by atoms with Crippen LogP contribution in [0, 0.1) is 11.8 Å². The van der Waals surface area contributed by atoms with E-state index in [4.69, 9.17) is 0 Å². The molecule has 0 aromatic rings. The maximum absolute atomic E-state index is 3.95. The molecule has 0 saturated heterocycles. The summed E-state index contributed by atoms with van der Waals surface area (Å²) in [5.41, 5.74) is 1.33. The first kappa shape index (κ1) is 12.7. The first-order chi connectivity index (χ1) is 6.02. The number of hydrogen-bond donors (Lipinski definition) is 0. The van der Waals surface area contributed by atoms with E-state index in [0.29, 0.717) is 0 Å². The minimum absolute atomic E-state index is 0.838. The van der Waals surface area contributed by atoms with Crippen LogP contribution in [-0.4, -0.2) is 0 Å². The number of hydrogen-bond acceptors (Lipinski definition) is 0. The van der Waals surface area contributed by atoms with Crippen LogP contribution in [0.2, 0.25) is 0 Å². The zero-order valence-electron chi connectivity index (χ0n) is 9.90. The first-order valence-corrected chi connectivity index (χ1v) is 5.66. The third kappa shape index (κ3) is 9.66. The molecule has 0 aliphatic rings. The van der Waals surface area contributed by atoms with E-state index < -0.39 is 0 Å². The van der Waals surface area contributed by atoms with Crippen LogP contribution in [0.15, 0.2) is 12.2 Å². The fourth-order valence-corrected chi connectivity index (χ4v) is 1.74. The third-order valence-electron chi connectivity index (χ3n) is 2.43. The Balaban J connectivity index is 3.26. The van der Waals surface area contributed by atoms with Crippen molar-refractivity contribution in [3.05, 3.63) is 12.2 Å². The lowest BCUT2D eigenvalue weighted by Gasteiger charge is -2.11. The number of rotatable bonds is 7. The smallest absolute Gasteiger partial charge is 0.0300 e. The Morgan fingerprint density at radius 2 is 1.62 bits per heavy atom. The summed E-state index contributed by atoms with van der Waals surface area (Å²) in [6, 6.07) is 0. The highest BCUT2D eigenvalue weighted by Gasteiger charge is 2.02. The van der Waals surface area contributed by atoms with Crippen molar-refractivity contribution in [1.29, 1.82) is 0 Å². The van der Waals surface area contributed by atoms with E-state index in [2.05, 4.69) is 34.3 Å². The molecule has 13 heavy (non-hydrogen) atoms. The molecule has 0 fully saturated rings. The van der Waals surface area contributed by atoms with E-state index in [-0.39, 0.29) is 0 Å². The Morgan fingerprint density at radius 3 is 2.08 bits per heavy atom. The van der Waals surface area contributed by atoms with Crippen LogP contribution in [0.5, 0.6) is 0 Å². The predicted molar refractivity (Wildman–Crippen MR) is 61.9 cm³/mol. The van der Waals surface area contributed by atoms with Gasteiger partial charge in [-0.05, 0) is 25.2 Å². The number of allylic oxidation sites excluding steroid dienone is 1. The van der Waals surface area contributed by atoms with Crippen LogP contribution in [-0.2, 0) is 0 Å². The molecule has 1 unspecified atom stereocenters. The molecule has 0 spiro atoms. The monoisotopic (exact) mass is 182 g/mol. The topological polar surface area (TPSA) is 0 Å². The van der Waals surface area contributed by atoms with Crippen molar-refractivity contribution in [2.24, 2.45) is 11.8 Å². The highest BCUT2D eigenvalue weighted by atomic mass is 14.1. The maximum atomic E-state index is 3.95. The maximum Gasteiger partial charge on any atom is -0.0300 e. The lowest BCUT2D eigenvalue weighted by atomic mass is 9.95. The normalized spacial score (nSPS) is 13.3. The highest BCUT2D eigenvalue weighted by Crippen LogP contribution is 2.17. The fourth-order valence-electron chi connectivity index (χ4n) is 1.74. The third-order valence-corrected chi connectivity index (χ3v) is 2.43. The van der Waals surface area contributed by atoms with E-state index in [1.54, 1.807) is 0 Å². The first-order valence-electron chi connectivity index (χ1n) is 5.66. The molecular weight excluding hydrogens is 156 g/mol. The molecule has 0 radical (unpaired) electrons. The van der Waals surface area contributed by atoms with Gasteiger partial charge in [-0.25, -0.2) is 0 Å². The van der Waals surface area contributed by atoms with Gasteiger partial charge in [0.1, 0.15) is 0 Å². The SMILES string of the molecule is C=C(C)CC(C)CCCCC(C)C. The van der Waals surface area contributed by atoms with E-state index in [9.17, 15) is 0 Å². The molecule has 0 N–H and O–H groups in total. The van der Waals surface area contributed by atoms with Crippen LogP contribution < -0.4 is 0 Å². The molecule has 0 rings (SSSR count). The van der Waals surface area contributed by atoms with Crippen LogP contribution in [0.1, 0.15) is 59.8 Å². The Hall–Kier alpha value is -0.260. The summed E-state index contributed by atoms with van der Waals surface area (Å²) in [5.74, 6) is 1.71. The zero-order valence-corrected chi connectivity index (χ0v) is 9.90. The van der Waals surface area contributed by atoms with Gasteiger partial charge in [-0.15, -0.1) is 6.58 Å². The van der Waals surface area contributed by atoms with Crippen molar-refractivity contribution in [3.8, 4) is 0 Å². The molecular formula is C13H26. The van der Waals surface area contributed by atoms with Gasteiger partial charge < -0.3 is 0 Å². The molecule has 0 saturated carbocycles. The average molecular weight is 182 g/mol. The standard InChI is InChI=1S/C13H26/c1-11(2)8-6-7-9-13(5)10-12(3)4/h11,13H,3,6-10H2,1-2,4-5H3. The predicted octanol–water partition coefficient (Wildman–Crippen LogP) is 4.81. The lowest BCUT2D eigenvalue weighted by molar-refractivity contribution is 0.460. The van der Waals surface area contributed by atoms with Gasteiger partial charge in [-0.2, -0.15) is 0 Å². The van der Waals surface area contributed by atoms with Gasteiger partial charge in [-0.3, -0.25) is 0 Å². The van der Waals surface area contributed by atoms with Gasteiger partial charge in [0.25, 0.3) is 0 Å². The van der Waals surface area contributed by atoms with E-state index >= 15 is 0 Å². The van der Waals surface area contributed by atoms with Crippen molar-refractivity contribution in [2.75, 3.05) is 0 Å². The van der Waals surface area contributed by atoms with E-state index in [1.165, 1.54) is 37.7 Å². The summed E-state index contributed by atoms with van der Waals surface area (Å²) in [4.78, 5) is 0. The van der Waals surface area contributed by atoms with Crippen molar-refractivity contribution in [3.63, 3.8) is 0 Å². The molecule has 78 valence electrons. The van der Waals surface area contributed by atoms with Gasteiger partial charge >= 0.3 is 0 Å². The van der Waals surface area contributed by atoms with Crippen molar-refractivity contribution < 1.29 is 0 Å². The summed E-state index contributed by atoms with van der Waals surface area (Å²) in [6.45, 7) is 13.0. The van der Waals surface area contributed by atoms with Crippen molar-refractivity contribution >= 4 is 0 Å². The summed E-state index contributed by atoms with van der Waals surface area (Å²) in [5, 5.41) is 0. The second-order valence-corrected chi connectivity index (χ2v) is 4.94. The van der Waals surface area contributed by atoms with Gasteiger partial charge in [-0.1, -0.05) is 52.0 Å². The fraction of sp³-hybridized carbons (Fsp3) is 0.846. The van der Waals surface area contributed by atoms with Gasteiger partial charge in [0.05, 0.1) is 0 Å². The molecule has 0 bridgehead atoms. The summed E-state index contributed by atoms with van der Waals surface area (Å²) in [6.07, 6.45) is 6.77. The molecule has 0 aliphatic carbocycles. The Morgan fingerprint density at radius 1 is 1.08 bits per heavy atom. The number of unbranched alkanes of at least 4 members (excludes halogenated alkanes) is 1.